The number of aromatic nitrogens is 2. The summed E-state index contributed by atoms with van der Waals surface area (Å²) in [6, 6.07) is 19.0. The van der Waals surface area contributed by atoms with Crippen molar-refractivity contribution >= 4 is 63.3 Å². The molecule has 1 atom stereocenters. The third-order valence-electron chi connectivity index (χ3n) is 6.80. The van der Waals surface area contributed by atoms with Crippen molar-refractivity contribution in [2.24, 2.45) is 0 Å². The lowest BCUT2D eigenvalue weighted by atomic mass is 10.2. The lowest BCUT2D eigenvalue weighted by Crippen LogP contribution is -2.48. The first-order valence-corrected chi connectivity index (χ1v) is 14.4. The summed E-state index contributed by atoms with van der Waals surface area (Å²) in [6.45, 7) is 2.48. The zero-order valence-corrected chi connectivity index (χ0v) is 24.4. The van der Waals surface area contributed by atoms with Crippen molar-refractivity contribution in [2.75, 3.05) is 61.9 Å². The van der Waals surface area contributed by atoms with Crippen LogP contribution in [0.5, 0.6) is 11.5 Å². The SMILES string of the molecule is COc1cc(Nc2nc3ccccc3nc2N(c2cccc(NC(=O)CN3CCN(C=O)CC3)c2)S(=O)O)cc(OC)c1. The predicted octanol–water partition coefficient (Wildman–Crippen LogP) is 3.38. The second-order valence-corrected chi connectivity index (χ2v) is 10.5. The van der Waals surface area contributed by atoms with Crippen LogP contribution in [0.3, 0.4) is 0 Å². The average molecular weight is 606 g/mol. The highest BCUT2D eigenvalue weighted by Gasteiger charge is 2.24. The van der Waals surface area contributed by atoms with Gasteiger partial charge < -0.3 is 25.0 Å². The molecule has 13 nitrogen and oxygen atoms in total. The number of hydrogen-bond acceptors (Lipinski definition) is 9. The van der Waals surface area contributed by atoms with Gasteiger partial charge in [-0.2, -0.15) is 0 Å². The number of ether oxygens (including phenoxy) is 2. The molecule has 224 valence electrons. The van der Waals surface area contributed by atoms with Gasteiger partial charge in [-0.25, -0.2) is 18.5 Å². The zero-order chi connectivity index (χ0) is 30.3. The van der Waals surface area contributed by atoms with Gasteiger partial charge in [0.05, 0.1) is 37.5 Å². The summed E-state index contributed by atoms with van der Waals surface area (Å²) >= 11 is -2.57. The van der Waals surface area contributed by atoms with Crippen molar-refractivity contribution in [3.05, 3.63) is 66.7 Å². The Morgan fingerprint density at radius 2 is 1.63 bits per heavy atom. The Kier molecular flexibility index (Phi) is 9.29. The number of carbonyl (C=O) groups excluding carboxylic acids is 2. The molecule has 1 saturated heterocycles. The third kappa shape index (κ3) is 7.17. The van der Waals surface area contributed by atoms with Gasteiger partial charge in [-0.3, -0.25) is 19.0 Å². The molecule has 0 saturated carbocycles. The minimum absolute atomic E-state index is 0.0813. The fraction of sp³-hybridized carbons (Fsp3) is 0.241. The molecule has 43 heavy (non-hydrogen) atoms. The molecule has 3 aromatic carbocycles. The number of carbonyl (C=O) groups is 2. The van der Waals surface area contributed by atoms with Gasteiger partial charge in [0.15, 0.2) is 11.6 Å². The summed E-state index contributed by atoms with van der Waals surface area (Å²) < 4.78 is 35.3. The number of benzene rings is 3. The van der Waals surface area contributed by atoms with Crippen molar-refractivity contribution in [3.63, 3.8) is 0 Å². The monoisotopic (exact) mass is 605 g/mol. The Morgan fingerprint density at radius 1 is 0.953 bits per heavy atom. The number of hydrogen-bond donors (Lipinski definition) is 3. The molecule has 0 spiro atoms. The molecular formula is C29H31N7O6S. The lowest BCUT2D eigenvalue weighted by Gasteiger charge is -2.31. The van der Waals surface area contributed by atoms with Gasteiger partial charge in [0.1, 0.15) is 11.5 Å². The fourth-order valence-electron chi connectivity index (χ4n) is 4.66. The highest BCUT2D eigenvalue weighted by Crippen LogP contribution is 2.36. The van der Waals surface area contributed by atoms with E-state index in [1.165, 1.54) is 14.2 Å². The molecule has 4 aromatic rings. The van der Waals surface area contributed by atoms with E-state index in [1.807, 2.05) is 11.0 Å². The van der Waals surface area contributed by atoms with Crippen LogP contribution >= 0.6 is 0 Å². The number of piperazine rings is 1. The summed E-state index contributed by atoms with van der Waals surface area (Å²) in [5.41, 5.74) is 2.38. The van der Waals surface area contributed by atoms with E-state index >= 15 is 0 Å². The summed E-state index contributed by atoms with van der Waals surface area (Å²) in [6.07, 6.45) is 0.814. The Morgan fingerprint density at radius 3 is 2.26 bits per heavy atom. The van der Waals surface area contributed by atoms with Gasteiger partial charge in [0, 0.05) is 55.8 Å². The van der Waals surface area contributed by atoms with E-state index in [0.29, 0.717) is 65.8 Å². The quantitative estimate of drug-likeness (QED) is 0.172. The summed E-state index contributed by atoms with van der Waals surface area (Å²) in [4.78, 5) is 36.8. The van der Waals surface area contributed by atoms with Gasteiger partial charge in [0.25, 0.3) is 11.3 Å². The predicted molar refractivity (Wildman–Crippen MR) is 164 cm³/mol. The second-order valence-electron chi connectivity index (χ2n) is 9.65. The van der Waals surface area contributed by atoms with E-state index in [1.54, 1.807) is 65.6 Å². The lowest BCUT2D eigenvalue weighted by molar-refractivity contribution is -0.120. The van der Waals surface area contributed by atoms with Crippen LogP contribution in [0.1, 0.15) is 0 Å². The molecule has 1 aliphatic heterocycles. The van der Waals surface area contributed by atoms with Crippen LogP contribution in [-0.2, 0) is 20.9 Å². The number of nitrogens with one attached hydrogen (secondary N) is 2. The van der Waals surface area contributed by atoms with Gasteiger partial charge in [-0.05, 0) is 30.3 Å². The van der Waals surface area contributed by atoms with Crippen LogP contribution in [0.25, 0.3) is 11.0 Å². The molecule has 5 rings (SSSR count). The normalized spacial score (nSPS) is 14.2. The average Bonchev–Trinajstić information content (AvgIpc) is 3.01. The Balaban J connectivity index is 1.46. The molecule has 1 fully saturated rings. The number of rotatable bonds is 11. The van der Waals surface area contributed by atoms with E-state index in [2.05, 4.69) is 10.6 Å². The highest BCUT2D eigenvalue weighted by atomic mass is 32.2. The summed E-state index contributed by atoms with van der Waals surface area (Å²) in [5, 5.41) is 6.06. The molecule has 0 aliphatic carbocycles. The first-order valence-electron chi connectivity index (χ1n) is 13.4. The highest BCUT2D eigenvalue weighted by molar-refractivity contribution is 7.81. The van der Waals surface area contributed by atoms with E-state index in [9.17, 15) is 18.4 Å². The van der Waals surface area contributed by atoms with E-state index in [0.717, 1.165) is 10.7 Å². The van der Waals surface area contributed by atoms with Gasteiger partial charge in [-0.1, -0.05) is 18.2 Å². The second kappa shape index (κ2) is 13.5. The number of methoxy groups -OCH3 is 2. The van der Waals surface area contributed by atoms with Crippen LogP contribution in [0.2, 0.25) is 0 Å². The first kappa shape index (κ1) is 29.7. The number of anilines is 5. The van der Waals surface area contributed by atoms with Crippen molar-refractivity contribution in [2.45, 2.75) is 0 Å². The Bertz CT molecular complexity index is 1620. The summed E-state index contributed by atoms with van der Waals surface area (Å²) in [5.74, 6) is 1.12. The molecule has 2 heterocycles. The van der Waals surface area contributed by atoms with Gasteiger partial charge in [0.2, 0.25) is 12.3 Å². The van der Waals surface area contributed by atoms with Crippen LogP contribution in [0.4, 0.5) is 28.7 Å². The number of fused-ring (bicyclic) bond motifs is 1. The maximum atomic E-state index is 12.9. The van der Waals surface area contributed by atoms with Gasteiger partial charge in [-0.15, -0.1) is 0 Å². The largest absolute Gasteiger partial charge is 0.497 e. The van der Waals surface area contributed by atoms with Gasteiger partial charge >= 0.3 is 0 Å². The van der Waals surface area contributed by atoms with Crippen molar-refractivity contribution in [1.29, 1.82) is 0 Å². The molecule has 3 N–H and O–H groups in total. The number of nitrogens with zero attached hydrogens (tertiary/aromatic N) is 5. The smallest absolute Gasteiger partial charge is 0.268 e. The molecule has 2 amide bonds. The third-order valence-corrected chi connectivity index (χ3v) is 7.50. The zero-order valence-electron chi connectivity index (χ0n) is 23.6. The standard InChI is InChI=1S/C29H31N7O6S/c1-41-23-15-21(16-24(17-23)42-2)31-28-29(33-26-9-4-3-8-25(26)32-28)36(43(39)40)22-7-5-6-20(14-22)30-27(38)18-34-10-12-35(19-37)13-11-34/h3-9,14-17,19H,10-13,18H2,1-2H3,(H,30,38)(H,31,32)(H,39,40). The maximum Gasteiger partial charge on any atom is 0.268 e. The fourth-order valence-corrected chi connectivity index (χ4v) is 5.23. The molecule has 1 aromatic heterocycles. The van der Waals surface area contributed by atoms with E-state index in [-0.39, 0.29) is 24.1 Å². The first-order chi connectivity index (χ1) is 20.9. The minimum atomic E-state index is -2.57. The Labute approximate surface area is 250 Å². The molecule has 0 bridgehead atoms. The minimum Gasteiger partial charge on any atom is -0.497 e. The van der Waals surface area contributed by atoms with E-state index in [4.69, 9.17) is 19.4 Å². The van der Waals surface area contributed by atoms with Crippen LogP contribution in [0.15, 0.2) is 66.7 Å². The van der Waals surface area contributed by atoms with E-state index < -0.39 is 11.3 Å². The molecule has 1 unspecified atom stereocenters. The Hall–Kier alpha value is -4.79. The van der Waals surface area contributed by atoms with Crippen molar-refractivity contribution in [3.8, 4) is 11.5 Å². The number of amides is 2. The van der Waals surface area contributed by atoms with Crippen LogP contribution < -0.4 is 24.4 Å². The van der Waals surface area contributed by atoms with Crippen molar-refractivity contribution in [1.82, 2.24) is 19.8 Å². The molecule has 1 aliphatic rings. The van der Waals surface area contributed by atoms with Crippen LogP contribution in [0, 0.1) is 0 Å². The topological polar surface area (TPSA) is 149 Å². The van der Waals surface area contributed by atoms with Crippen molar-refractivity contribution < 1.29 is 27.8 Å². The van der Waals surface area contributed by atoms with Crippen LogP contribution in [-0.4, -0.2) is 87.8 Å². The molecular weight excluding hydrogens is 574 g/mol. The summed E-state index contributed by atoms with van der Waals surface area (Å²) in [7, 11) is 3.08. The molecule has 14 heteroatoms. The molecule has 0 radical (unpaired) electrons. The maximum absolute atomic E-state index is 12.9. The number of para-hydroxylation sites is 2.